The average molecular weight is 298 g/mol. The Balaban J connectivity index is 2.57. The minimum Gasteiger partial charge on any atom is -0.465 e. The summed E-state index contributed by atoms with van der Waals surface area (Å²) in [5, 5.41) is 32.2. The molecule has 1 aliphatic rings. The molecule has 0 radical (unpaired) electrons. The molecule has 2 rings (SSSR count). The highest BCUT2D eigenvalue weighted by Crippen LogP contribution is 2.35. The number of carbonyl (C=O) groups excluding carboxylic acids is 2. The Bertz CT molecular complexity index is 555. The van der Waals surface area contributed by atoms with E-state index in [0.717, 1.165) is 0 Å². The molecule has 0 fully saturated rings. The van der Waals surface area contributed by atoms with Gasteiger partial charge < -0.3 is 29.9 Å². The molecular formula is C13H18N2O6. The molecular weight excluding hydrogens is 280 g/mol. The second kappa shape index (κ2) is 5.84. The van der Waals surface area contributed by atoms with Crippen LogP contribution in [-0.4, -0.2) is 57.7 Å². The summed E-state index contributed by atoms with van der Waals surface area (Å²) in [6.07, 6.45) is -1.12. The van der Waals surface area contributed by atoms with Gasteiger partial charge in [0.1, 0.15) is 12.2 Å². The Labute approximate surface area is 120 Å². The first kappa shape index (κ1) is 15.5. The lowest BCUT2D eigenvalue weighted by Gasteiger charge is -2.39. The number of nitrogens with one attached hydrogen (secondary N) is 1. The molecule has 0 aromatic carbocycles. The molecule has 0 bridgehead atoms. The summed E-state index contributed by atoms with van der Waals surface area (Å²) in [4.78, 5) is 23.1. The van der Waals surface area contributed by atoms with E-state index in [1.54, 1.807) is 0 Å². The van der Waals surface area contributed by atoms with E-state index in [2.05, 4.69) is 10.1 Å². The van der Waals surface area contributed by atoms with Gasteiger partial charge in [0.15, 0.2) is 0 Å². The fraction of sp³-hybridized carbons (Fsp3) is 0.538. The summed E-state index contributed by atoms with van der Waals surface area (Å²) < 4.78 is 6.15. The third kappa shape index (κ3) is 2.53. The molecule has 4 atom stereocenters. The maximum atomic E-state index is 11.8. The first-order chi connectivity index (χ1) is 9.92. The molecule has 0 saturated carbocycles. The van der Waals surface area contributed by atoms with Gasteiger partial charge in [-0.25, -0.2) is 4.79 Å². The van der Waals surface area contributed by atoms with Crippen molar-refractivity contribution in [1.29, 1.82) is 0 Å². The van der Waals surface area contributed by atoms with Gasteiger partial charge in [0, 0.05) is 13.1 Å². The van der Waals surface area contributed by atoms with Crippen molar-refractivity contribution in [2.75, 3.05) is 13.7 Å². The number of methoxy groups -OCH3 is 1. The molecule has 0 saturated heterocycles. The summed E-state index contributed by atoms with van der Waals surface area (Å²) in [5.41, 5.74) is 0.467. The molecule has 1 aromatic heterocycles. The van der Waals surface area contributed by atoms with Gasteiger partial charge in [0.25, 0.3) is 0 Å². The van der Waals surface area contributed by atoms with Crippen LogP contribution in [0, 0.1) is 0 Å². The number of esters is 1. The van der Waals surface area contributed by atoms with Crippen LogP contribution < -0.4 is 5.32 Å². The molecule has 116 valence electrons. The largest absolute Gasteiger partial charge is 0.465 e. The second-order valence-corrected chi connectivity index (χ2v) is 4.92. The van der Waals surface area contributed by atoms with E-state index in [-0.39, 0.29) is 5.56 Å². The van der Waals surface area contributed by atoms with Crippen molar-refractivity contribution in [3.63, 3.8) is 0 Å². The molecule has 4 N–H and O–H groups in total. The first-order valence-electron chi connectivity index (χ1n) is 6.45. The van der Waals surface area contributed by atoms with Gasteiger partial charge in [-0.05, 0) is 6.07 Å². The number of rotatable bonds is 3. The predicted octanol–water partition coefficient (Wildman–Crippen LogP) is -1.28. The van der Waals surface area contributed by atoms with Crippen molar-refractivity contribution in [3.8, 4) is 0 Å². The lowest BCUT2D eigenvalue weighted by Crippen LogP contribution is -2.51. The zero-order valence-electron chi connectivity index (χ0n) is 11.7. The van der Waals surface area contributed by atoms with Crippen LogP contribution in [-0.2, 0) is 9.53 Å². The summed E-state index contributed by atoms with van der Waals surface area (Å²) >= 11 is 0. The summed E-state index contributed by atoms with van der Waals surface area (Å²) in [7, 11) is 1.22. The molecule has 21 heavy (non-hydrogen) atoms. The fourth-order valence-corrected chi connectivity index (χ4v) is 2.68. The SMILES string of the molecule is COC(=O)c1ccn2c1[C@H](NC(C)=O)[C@@H](O)[C@H](O)[C@H]2CO. The van der Waals surface area contributed by atoms with Crippen molar-refractivity contribution in [2.45, 2.75) is 31.2 Å². The molecule has 1 aliphatic heterocycles. The van der Waals surface area contributed by atoms with Crippen LogP contribution >= 0.6 is 0 Å². The minimum atomic E-state index is -1.35. The summed E-state index contributed by atoms with van der Waals surface area (Å²) in [5.74, 6) is -1.04. The van der Waals surface area contributed by atoms with Gasteiger partial charge in [0.05, 0.1) is 37.1 Å². The second-order valence-electron chi connectivity index (χ2n) is 4.92. The van der Waals surface area contributed by atoms with Gasteiger partial charge in [-0.1, -0.05) is 0 Å². The zero-order valence-corrected chi connectivity index (χ0v) is 11.7. The number of hydrogen-bond donors (Lipinski definition) is 4. The van der Waals surface area contributed by atoms with Gasteiger partial charge in [-0.3, -0.25) is 4.79 Å². The Morgan fingerprint density at radius 2 is 2.05 bits per heavy atom. The van der Waals surface area contributed by atoms with Crippen molar-refractivity contribution in [2.24, 2.45) is 0 Å². The first-order valence-corrected chi connectivity index (χ1v) is 6.45. The van der Waals surface area contributed by atoms with Crippen molar-refractivity contribution >= 4 is 11.9 Å². The van der Waals surface area contributed by atoms with Crippen LogP contribution in [0.1, 0.15) is 35.1 Å². The number of aliphatic hydroxyl groups is 3. The van der Waals surface area contributed by atoms with E-state index in [4.69, 9.17) is 0 Å². The molecule has 8 heteroatoms. The number of amides is 1. The van der Waals surface area contributed by atoms with Crippen LogP contribution in [0.3, 0.4) is 0 Å². The van der Waals surface area contributed by atoms with E-state index in [9.17, 15) is 24.9 Å². The standard InChI is InChI=1S/C13H18N2O6/c1-6(17)14-9-10-7(13(20)21-2)3-4-15(10)8(5-16)11(18)12(9)19/h3-4,8-9,11-12,16,18-19H,5H2,1-2H3,(H,14,17)/t8-,9+,11-,12-/m1/s1. The minimum absolute atomic E-state index is 0.167. The van der Waals surface area contributed by atoms with Crippen LogP contribution in [0.5, 0.6) is 0 Å². The smallest absolute Gasteiger partial charge is 0.339 e. The summed E-state index contributed by atoms with van der Waals surface area (Å²) in [6, 6.07) is -0.313. The molecule has 0 spiro atoms. The van der Waals surface area contributed by atoms with Crippen LogP contribution in [0.4, 0.5) is 0 Å². The maximum Gasteiger partial charge on any atom is 0.339 e. The monoisotopic (exact) mass is 298 g/mol. The predicted molar refractivity (Wildman–Crippen MR) is 70.5 cm³/mol. The normalized spacial score (nSPS) is 27.9. The van der Waals surface area contributed by atoms with Gasteiger partial charge in [-0.2, -0.15) is 0 Å². The molecule has 1 amide bonds. The highest BCUT2D eigenvalue weighted by atomic mass is 16.5. The molecule has 0 unspecified atom stereocenters. The fourth-order valence-electron chi connectivity index (χ4n) is 2.68. The van der Waals surface area contributed by atoms with E-state index in [1.807, 2.05) is 0 Å². The van der Waals surface area contributed by atoms with Gasteiger partial charge >= 0.3 is 5.97 Å². The van der Waals surface area contributed by atoms with Crippen molar-refractivity contribution in [3.05, 3.63) is 23.5 Å². The Kier molecular flexibility index (Phi) is 4.31. The molecule has 2 heterocycles. The maximum absolute atomic E-state index is 11.8. The number of fused-ring (bicyclic) bond motifs is 1. The highest BCUT2D eigenvalue weighted by molar-refractivity contribution is 5.91. The number of carbonyl (C=O) groups is 2. The van der Waals surface area contributed by atoms with E-state index in [1.165, 1.54) is 30.9 Å². The van der Waals surface area contributed by atoms with Crippen LogP contribution in [0.15, 0.2) is 12.3 Å². The number of aromatic nitrogens is 1. The van der Waals surface area contributed by atoms with Gasteiger partial charge in [-0.15, -0.1) is 0 Å². The topological polar surface area (TPSA) is 121 Å². The Morgan fingerprint density at radius 1 is 1.38 bits per heavy atom. The molecule has 1 aromatic rings. The van der Waals surface area contributed by atoms with Crippen molar-refractivity contribution < 1.29 is 29.6 Å². The van der Waals surface area contributed by atoms with E-state index < -0.39 is 42.8 Å². The number of hydrogen-bond acceptors (Lipinski definition) is 6. The Morgan fingerprint density at radius 3 is 2.57 bits per heavy atom. The lowest BCUT2D eigenvalue weighted by atomic mass is 9.90. The third-order valence-electron chi connectivity index (χ3n) is 3.64. The van der Waals surface area contributed by atoms with Crippen molar-refractivity contribution in [1.82, 2.24) is 9.88 Å². The summed E-state index contributed by atoms with van der Waals surface area (Å²) in [6.45, 7) is 0.843. The highest BCUT2D eigenvalue weighted by Gasteiger charge is 2.43. The molecule has 0 aliphatic carbocycles. The lowest BCUT2D eigenvalue weighted by molar-refractivity contribution is -0.123. The van der Waals surface area contributed by atoms with E-state index in [0.29, 0.717) is 5.69 Å². The zero-order chi connectivity index (χ0) is 15.7. The number of nitrogens with zero attached hydrogens (tertiary/aromatic N) is 1. The molecule has 8 nitrogen and oxygen atoms in total. The van der Waals surface area contributed by atoms with E-state index >= 15 is 0 Å². The van der Waals surface area contributed by atoms with Crippen LogP contribution in [0.2, 0.25) is 0 Å². The third-order valence-corrected chi connectivity index (χ3v) is 3.64. The van der Waals surface area contributed by atoms with Gasteiger partial charge in [0.2, 0.25) is 5.91 Å². The van der Waals surface area contributed by atoms with Crippen LogP contribution in [0.25, 0.3) is 0 Å². The average Bonchev–Trinajstić information content (AvgIpc) is 2.87. The quantitative estimate of drug-likeness (QED) is 0.516. The number of aliphatic hydroxyl groups excluding tert-OH is 3. The number of ether oxygens (including phenoxy) is 1. The Hall–Kier alpha value is -1.90.